The van der Waals surface area contributed by atoms with Crippen molar-refractivity contribution in [2.75, 3.05) is 6.54 Å². The zero-order chi connectivity index (χ0) is 10.6. The first-order valence-electron chi connectivity index (χ1n) is 4.30. The van der Waals surface area contributed by atoms with Crippen molar-refractivity contribution in [2.45, 2.75) is 25.1 Å². The number of aryl methyl sites for hydroxylation is 1. The van der Waals surface area contributed by atoms with E-state index in [1.54, 1.807) is 13.8 Å². The third kappa shape index (κ3) is 3.45. The van der Waals surface area contributed by atoms with E-state index in [1.807, 2.05) is 0 Å². The minimum absolute atomic E-state index is 0.0405. The van der Waals surface area contributed by atoms with Crippen LogP contribution < -0.4 is 5.32 Å². The van der Waals surface area contributed by atoms with Gasteiger partial charge in [-0.15, -0.1) is 0 Å². The molecule has 1 unspecified atom stereocenters. The van der Waals surface area contributed by atoms with Crippen LogP contribution in [0.4, 0.5) is 0 Å². The van der Waals surface area contributed by atoms with Crippen molar-refractivity contribution < 1.29 is 9.32 Å². The molecule has 0 aliphatic carbocycles. The van der Waals surface area contributed by atoms with Crippen LogP contribution in [0.5, 0.6) is 0 Å². The predicted molar refractivity (Wildman–Crippen MR) is 54.1 cm³/mol. The molecular weight excluding hydrogens is 250 g/mol. The van der Waals surface area contributed by atoms with E-state index < -0.39 is 0 Å². The van der Waals surface area contributed by atoms with Crippen LogP contribution in [0.2, 0.25) is 0 Å². The average Bonchev–Trinajstić information content (AvgIpc) is 2.51. The third-order valence-corrected chi connectivity index (χ3v) is 1.98. The molecule has 0 fully saturated rings. The van der Waals surface area contributed by atoms with Crippen LogP contribution in [-0.2, 0) is 11.2 Å². The summed E-state index contributed by atoms with van der Waals surface area (Å²) in [4.78, 5) is 15.0. The van der Waals surface area contributed by atoms with Gasteiger partial charge in [0.15, 0.2) is 5.82 Å². The number of hydrogen-bond donors (Lipinski definition) is 1. The zero-order valence-corrected chi connectivity index (χ0v) is 9.67. The van der Waals surface area contributed by atoms with Gasteiger partial charge >= 0.3 is 0 Å². The number of carbonyl (C=O) groups excluding carboxylic acids is 1. The van der Waals surface area contributed by atoms with E-state index >= 15 is 0 Å². The van der Waals surface area contributed by atoms with Crippen LogP contribution in [0.1, 0.15) is 18.6 Å². The zero-order valence-electron chi connectivity index (χ0n) is 8.08. The van der Waals surface area contributed by atoms with Crippen molar-refractivity contribution in [2.24, 2.45) is 0 Å². The Labute approximate surface area is 90.4 Å². The number of nitrogens with zero attached hydrogens (tertiary/aromatic N) is 2. The highest BCUT2D eigenvalue weighted by Gasteiger charge is 2.08. The first-order chi connectivity index (χ1) is 6.59. The van der Waals surface area contributed by atoms with Gasteiger partial charge in [0.25, 0.3) is 0 Å². The van der Waals surface area contributed by atoms with Crippen molar-refractivity contribution in [1.82, 2.24) is 15.5 Å². The second-order valence-corrected chi connectivity index (χ2v) is 4.27. The highest BCUT2D eigenvalue weighted by atomic mass is 79.9. The van der Waals surface area contributed by atoms with Gasteiger partial charge in [-0.3, -0.25) is 4.79 Å². The molecule has 1 aromatic heterocycles. The highest BCUT2D eigenvalue weighted by molar-refractivity contribution is 9.10. The molecule has 0 bridgehead atoms. The molecule has 1 amide bonds. The lowest BCUT2D eigenvalue weighted by Gasteiger charge is -2.03. The van der Waals surface area contributed by atoms with Gasteiger partial charge in [0, 0.05) is 13.0 Å². The summed E-state index contributed by atoms with van der Waals surface area (Å²) in [5, 5.41) is 6.37. The van der Waals surface area contributed by atoms with Crippen LogP contribution in [0.15, 0.2) is 4.52 Å². The molecule has 1 aromatic rings. The fraction of sp³-hybridized carbons (Fsp3) is 0.625. The molecule has 0 radical (unpaired) electrons. The molecule has 0 aromatic carbocycles. The van der Waals surface area contributed by atoms with Crippen LogP contribution >= 0.6 is 15.9 Å². The summed E-state index contributed by atoms with van der Waals surface area (Å²) in [6.45, 7) is 4.04. The lowest BCUT2D eigenvalue weighted by molar-refractivity contribution is -0.120. The number of carbonyl (C=O) groups is 1. The summed E-state index contributed by atoms with van der Waals surface area (Å²) in [5.74, 6) is 1.12. The molecule has 1 heterocycles. The number of halogens is 1. The van der Waals surface area contributed by atoms with Crippen molar-refractivity contribution in [3.63, 3.8) is 0 Å². The second kappa shape index (κ2) is 5.09. The van der Waals surface area contributed by atoms with Crippen molar-refractivity contribution in [3.8, 4) is 0 Å². The Kier molecular flexibility index (Phi) is 4.06. The van der Waals surface area contributed by atoms with E-state index in [4.69, 9.17) is 4.52 Å². The summed E-state index contributed by atoms with van der Waals surface area (Å²) < 4.78 is 4.88. The fourth-order valence-electron chi connectivity index (χ4n) is 0.875. The fourth-order valence-corrected chi connectivity index (χ4v) is 1.04. The topological polar surface area (TPSA) is 68.0 Å². The molecule has 5 nitrogen and oxygen atoms in total. The molecule has 6 heteroatoms. The molecule has 78 valence electrons. The monoisotopic (exact) mass is 261 g/mol. The summed E-state index contributed by atoms with van der Waals surface area (Å²) in [5.41, 5.74) is 0. The Balaban J connectivity index is 2.25. The standard InChI is InChI=1S/C8H12BrN3O2/c1-5(9)8(13)10-4-3-7-11-6(2)12-14-7/h5H,3-4H2,1-2H3,(H,10,13). The average molecular weight is 262 g/mol. The molecular formula is C8H12BrN3O2. The number of aromatic nitrogens is 2. The maximum atomic E-state index is 11.1. The first-order valence-corrected chi connectivity index (χ1v) is 5.22. The van der Waals surface area contributed by atoms with Crippen molar-refractivity contribution in [3.05, 3.63) is 11.7 Å². The van der Waals surface area contributed by atoms with Gasteiger partial charge < -0.3 is 9.84 Å². The Bertz CT molecular complexity index is 311. The molecule has 1 rings (SSSR count). The van der Waals surface area contributed by atoms with Crippen LogP contribution in [0.3, 0.4) is 0 Å². The number of hydrogen-bond acceptors (Lipinski definition) is 4. The largest absolute Gasteiger partial charge is 0.355 e. The summed E-state index contributed by atoms with van der Waals surface area (Å²) >= 11 is 3.17. The number of rotatable bonds is 4. The number of nitrogens with one attached hydrogen (secondary N) is 1. The summed E-state index contributed by atoms with van der Waals surface area (Å²) in [6, 6.07) is 0. The van der Waals surface area contributed by atoms with Crippen LogP contribution in [0.25, 0.3) is 0 Å². The lowest BCUT2D eigenvalue weighted by Crippen LogP contribution is -2.31. The van der Waals surface area contributed by atoms with E-state index in [2.05, 4.69) is 31.4 Å². The van der Waals surface area contributed by atoms with Gasteiger partial charge in [-0.05, 0) is 13.8 Å². The third-order valence-electron chi connectivity index (χ3n) is 1.57. The summed E-state index contributed by atoms with van der Waals surface area (Å²) in [7, 11) is 0. The Hall–Kier alpha value is -0.910. The first kappa shape index (κ1) is 11.2. The van der Waals surface area contributed by atoms with Gasteiger partial charge in [-0.2, -0.15) is 4.98 Å². The van der Waals surface area contributed by atoms with E-state index in [-0.39, 0.29) is 10.7 Å². The van der Waals surface area contributed by atoms with E-state index in [0.717, 1.165) is 0 Å². The van der Waals surface area contributed by atoms with Crippen molar-refractivity contribution in [1.29, 1.82) is 0 Å². The predicted octanol–water partition coefficient (Wildman–Crippen LogP) is 0.820. The van der Waals surface area contributed by atoms with Gasteiger partial charge in [0.2, 0.25) is 11.8 Å². The normalized spacial score (nSPS) is 12.5. The molecule has 0 saturated heterocycles. The minimum atomic E-state index is -0.174. The Morgan fingerprint density at radius 3 is 2.93 bits per heavy atom. The molecule has 0 aliphatic heterocycles. The van der Waals surface area contributed by atoms with Gasteiger partial charge in [-0.1, -0.05) is 21.1 Å². The smallest absolute Gasteiger partial charge is 0.233 e. The van der Waals surface area contributed by atoms with Gasteiger partial charge in [0.05, 0.1) is 4.83 Å². The Morgan fingerprint density at radius 1 is 1.71 bits per heavy atom. The van der Waals surface area contributed by atoms with Crippen LogP contribution in [0, 0.1) is 6.92 Å². The number of alkyl halides is 1. The second-order valence-electron chi connectivity index (χ2n) is 2.89. The van der Waals surface area contributed by atoms with Gasteiger partial charge in [-0.25, -0.2) is 0 Å². The highest BCUT2D eigenvalue weighted by Crippen LogP contribution is 1.98. The van der Waals surface area contributed by atoms with E-state index in [0.29, 0.717) is 24.7 Å². The maximum Gasteiger partial charge on any atom is 0.233 e. The molecule has 14 heavy (non-hydrogen) atoms. The molecule has 1 atom stereocenters. The van der Waals surface area contributed by atoms with Gasteiger partial charge in [0.1, 0.15) is 0 Å². The van der Waals surface area contributed by atoms with Crippen molar-refractivity contribution >= 4 is 21.8 Å². The van der Waals surface area contributed by atoms with Crippen LogP contribution in [-0.4, -0.2) is 27.4 Å². The van der Waals surface area contributed by atoms with E-state index in [9.17, 15) is 4.79 Å². The molecule has 1 N–H and O–H groups in total. The minimum Gasteiger partial charge on any atom is -0.355 e. The quantitative estimate of drug-likeness (QED) is 0.816. The SMILES string of the molecule is Cc1noc(CCNC(=O)C(C)Br)n1. The number of amides is 1. The van der Waals surface area contributed by atoms with E-state index in [1.165, 1.54) is 0 Å². The summed E-state index contributed by atoms with van der Waals surface area (Å²) in [6.07, 6.45) is 0.562. The molecule has 0 saturated carbocycles. The molecule has 0 spiro atoms. The molecule has 0 aliphatic rings. The maximum absolute atomic E-state index is 11.1. The lowest BCUT2D eigenvalue weighted by atomic mass is 10.4. The Morgan fingerprint density at radius 2 is 2.43 bits per heavy atom.